The molecule has 1 saturated heterocycles. The van der Waals surface area contributed by atoms with Crippen molar-refractivity contribution in [2.75, 3.05) is 11.9 Å². The van der Waals surface area contributed by atoms with Crippen LogP contribution in [0.4, 0.5) is 10.5 Å². The molecule has 1 aliphatic heterocycles. The monoisotopic (exact) mass is 376 g/mol. The Morgan fingerprint density at radius 3 is 2.71 bits per heavy atom. The van der Waals surface area contributed by atoms with Crippen molar-refractivity contribution < 1.29 is 9.32 Å². The smallest absolute Gasteiger partial charge is 0.322 e. The zero-order chi connectivity index (χ0) is 19.5. The summed E-state index contributed by atoms with van der Waals surface area (Å²) in [5.74, 6) is 1.05. The normalized spacial score (nSPS) is 16.8. The Hall–Kier alpha value is -3.15. The lowest BCUT2D eigenvalue weighted by atomic mass is 10.0. The first-order valence-electron chi connectivity index (χ1n) is 9.66. The van der Waals surface area contributed by atoms with Gasteiger partial charge < -0.3 is 14.7 Å². The number of hydrogen-bond donors (Lipinski definition) is 1. The summed E-state index contributed by atoms with van der Waals surface area (Å²) in [5, 5.41) is 7.13. The third-order valence-corrected chi connectivity index (χ3v) is 5.28. The summed E-state index contributed by atoms with van der Waals surface area (Å²) < 4.78 is 5.54. The van der Waals surface area contributed by atoms with Crippen LogP contribution in [0.2, 0.25) is 0 Å². The SMILES string of the molecule is Cc1ccc(NC(=O)N2CCCCC2c2nc(-c3ccccc3)no2)cc1C. The van der Waals surface area contributed by atoms with E-state index in [0.717, 1.165) is 36.1 Å². The molecule has 6 heteroatoms. The Kier molecular flexibility index (Phi) is 5.10. The van der Waals surface area contributed by atoms with Crippen LogP contribution in [-0.2, 0) is 0 Å². The molecule has 1 unspecified atom stereocenters. The topological polar surface area (TPSA) is 71.3 Å². The van der Waals surface area contributed by atoms with Gasteiger partial charge in [0.05, 0.1) is 0 Å². The molecule has 1 aliphatic rings. The van der Waals surface area contributed by atoms with Gasteiger partial charge in [-0.1, -0.05) is 41.6 Å². The molecule has 2 aromatic carbocycles. The van der Waals surface area contributed by atoms with Gasteiger partial charge in [0.15, 0.2) is 0 Å². The summed E-state index contributed by atoms with van der Waals surface area (Å²) in [7, 11) is 0. The summed E-state index contributed by atoms with van der Waals surface area (Å²) in [6.45, 7) is 4.77. The lowest BCUT2D eigenvalue weighted by Crippen LogP contribution is -2.41. The highest BCUT2D eigenvalue weighted by molar-refractivity contribution is 5.89. The van der Waals surface area contributed by atoms with Crippen LogP contribution in [0.25, 0.3) is 11.4 Å². The number of benzene rings is 2. The van der Waals surface area contributed by atoms with Gasteiger partial charge in [-0.3, -0.25) is 0 Å². The van der Waals surface area contributed by atoms with Gasteiger partial charge in [0.25, 0.3) is 0 Å². The lowest BCUT2D eigenvalue weighted by Gasteiger charge is -2.33. The molecular weight excluding hydrogens is 352 g/mol. The minimum atomic E-state index is -0.203. The molecule has 1 N–H and O–H groups in total. The number of rotatable bonds is 3. The van der Waals surface area contributed by atoms with Gasteiger partial charge in [0, 0.05) is 17.8 Å². The number of aromatic nitrogens is 2. The molecule has 0 saturated carbocycles. The fraction of sp³-hybridized carbons (Fsp3) is 0.318. The van der Waals surface area contributed by atoms with Gasteiger partial charge in [-0.2, -0.15) is 4.98 Å². The Balaban J connectivity index is 1.53. The predicted molar refractivity (Wildman–Crippen MR) is 108 cm³/mol. The molecule has 2 amide bonds. The van der Waals surface area contributed by atoms with Crippen molar-refractivity contribution in [3.8, 4) is 11.4 Å². The number of hydrogen-bond acceptors (Lipinski definition) is 4. The fourth-order valence-electron chi connectivity index (χ4n) is 3.52. The lowest BCUT2D eigenvalue weighted by molar-refractivity contribution is 0.142. The van der Waals surface area contributed by atoms with Crippen LogP contribution >= 0.6 is 0 Å². The minimum absolute atomic E-state index is 0.132. The van der Waals surface area contributed by atoms with Crippen molar-refractivity contribution in [2.45, 2.75) is 39.2 Å². The molecule has 4 rings (SSSR count). The summed E-state index contributed by atoms with van der Waals surface area (Å²) in [6.07, 6.45) is 2.81. The number of urea groups is 1. The van der Waals surface area contributed by atoms with Gasteiger partial charge in [-0.15, -0.1) is 0 Å². The first kappa shape index (κ1) is 18.2. The van der Waals surface area contributed by atoms with Crippen molar-refractivity contribution in [1.82, 2.24) is 15.0 Å². The summed E-state index contributed by atoms with van der Waals surface area (Å²) in [6, 6.07) is 15.3. The third-order valence-electron chi connectivity index (χ3n) is 5.28. The van der Waals surface area contributed by atoms with E-state index in [1.54, 1.807) is 4.90 Å². The van der Waals surface area contributed by atoms with Crippen LogP contribution in [0.1, 0.15) is 42.3 Å². The highest BCUT2D eigenvalue weighted by Crippen LogP contribution is 2.31. The molecule has 1 atom stereocenters. The first-order valence-corrected chi connectivity index (χ1v) is 9.66. The summed E-state index contributed by atoms with van der Waals surface area (Å²) >= 11 is 0. The van der Waals surface area contributed by atoms with E-state index in [4.69, 9.17) is 4.52 Å². The molecule has 1 aromatic heterocycles. The molecule has 0 aliphatic carbocycles. The number of amides is 2. The van der Waals surface area contributed by atoms with Crippen molar-refractivity contribution in [3.63, 3.8) is 0 Å². The number of carbonyl (C=O) groups excluding carboxylic acids is 1. The minimum Gasteiger partial charge on any atom is -0.337 e. The van der Waals surface area contributed by atoms with Gasteiger partial charge >= 0.3 is 6.03 Å². The molecular formula is C22H24N4O2. The van der Waals surface area contributed by atoms with Gasteiger partial charge in [-0.25, -0.2) is 4.79 Å². The molecule has 6 nitrogen and oxygen atoms in total. The Morgan fingerprint density at radius 1 is 1.11 bits per heavy atom. The number of likely N-dealkylation sites (tertiary alicyclic amines) is 1. The zero-order valence-electron chi connectivity index (χ0n) is 16.2. The highest BCUT2D eigenvalue weighted by atomic mass is 16.5. The molecule has 0 spiro atoms. The molecule has 0 radical (unpaired) electrons. The van der Waals surface area contributed by atoms with E-state index >= 15 is 0 Å². The number of piperidine rings is 1. The van der Waals surface area contributed by atoms with E-state index in [2.05, 4.69) is 22.4 Å². The highest BCUT2D eigenvalue weighted by Gasteiger charge is 2.32. The van der Waals surface area contributed by atoms with Crippen molar-refractivity contribution in [1.29, 1.82) is 0 Å². The van der Waals surface area contributed by atoms with Gasteiger partial charge in [-0.05, 0) is 56.4 Å². The van der Waals surface area contributed by atoms with E-state index in [-0.39, 0.29) is 12.1 Å². The third kappa shape index (κ3) is 3.76. The van der Waals surface area contributed by atoms with Crippen molar-refractivity contribution in [2.24, 2.45) is 0 Å². The average Bonchev–Trinajstić information content (AvgIpc) is 3.21. The van der Waals surface area contributed by atoms with Gasteiger partial charge in [0.2, 0.25) is 11.7 Å². The van der Waals surface area contributed by atoms with Crippen molar-refractivity contribution >= 4 is 11.7 Å². The molecule has 2 heterocycles. The molecule has 0 bridgehead atoms. The number of nitrogens with one attached hydrogen (secondary N) is 1. The van der Waals surface area contributed by atoms with Crippen LogP contribution < -0.4 is 5.32 Å². The van der Waals surface area contributed by atoms with Crippen LogP contribution in [0, 0.1) is 13.8 Å². The standard InChI is InChI=1S/C22H24N4O2/c1-15-11-12-18(14-16(15)2)23-22(27)26-13-7-6-10-19(26)21-24-20(25-28-21)17-8-4-3-5-9-17/h3-5,8-9,11-12,14,19H,6-7,10,13H2,1-2H3,(H,23,27). The van der Waals surface area contributed by atoms with Crippen LogP contribution in [-0.4, -0.2) is 27.6 Å². The fourth-order valence-corrected chi connectivity index (χ4v) is 3.52. The van der Waals surface area contributed by atoms with Crippen LogP contribution in [0.3, 0.4) is 0 Å². The Bertz CT molecular complexity index is 968. The van der Waals surface area contributed by atoms with E-state index < -0.39 is 0 Å². The van der Waals surface area contributed by atoms with Crippen molar-refractivity contribution in [3.05, 3.63) is 65.5 Å². The van der Waals surface area contributed by atoms with E-state index in [1.807, 2.05) is 55.5 Å². The van der Waals surface area contributed by atoms with Gasteiger partial charge in [0.1, 0.15) is 6.04 Å². The summed E-state index contributed by atoms with van der Waals surface area (Å²) in [5.41, 5.74) is 4.05. The Labute approximate surface area is 164 Å². The first-order chi connectivity index (χ1) is 13.6. The maximum atomic E-state index is 12.9. The maximum Gasteiger partial charge on any atom is 0.322 e. The van der Waals surface area contributed by atoms with E-state index in [9.17, 15) is 4.79 Å². The molecule has 28 heavy (non-hydrogen) atoms. The number of anilines is 1. The number of aryl methyl sites for hydroxylation is 2. The average molecular weight is 376 g/mol. The molecule has 144 valence electrons. The number of carbonyl (C=O) groups is 1. The quantitative estimate of drug-likeness (QED) is 0.689. The second-order valence-corrected chi connectivity index (χ2v) is 7.26. The largest absolute Gasteiger partial charge is 0.337 e. The number of nitrogens with zero attached hydrogens (tertiary/aromatic N) is 3. The zero-order valence-corrected chi connectivity index (χ0v) is 16.2. The maximum absolute atomic E-state index is 12.9. The van der Waals surface area contributed by atoms with E-state index in [1.165, 1.54) is 5.56 Å². The van der Waals surface area contributed by atoms with Crippen LogP contribution in [0.5, 0.6) is 0 Å². The van der Waals surface area contributed by atoms with E-state index in [0.29, 0.717) is 18.3 Å². The Morgan fingerprint density at radius 2 is 1.93 bits per heavy atom. The van der Waals surface area contributed by atoms with Crippen LogP contribution in [0.15, 0.2) is 53.1 Å². The summed E-state index contributed by atoms with van der Waals surface area (Å²) in [4.78, 5) is 19.3. The second kappa shape index (κ2) is 7.84. The second-order valence-electron chi connectivity index (χ2n) is 7.26. The molecule has 3 aromatic rings. The predicted octanol–water partition coefficient (Wildman–Crippen LogP) is 5.11. The molecule has 1 fully saturated rings.